The molecule has 3 aromatic rings. The molecule has 1 aromatic heterocycles. The molecule has 1 N–H and O–H groups in total. The molecule has 0 spiro atoms. The molecule has 5 rings (SSSR count). The lowest BCUT2D eigenvalue weighted by Crippen LogP contribution is -2.14. The van der Waals surface area contributed by atoms with Gasteiger partial charge in [-0.15, -0.1) is 10.2 Å². The predicted molar refractivity (Wildman–Crippen MR) is 104 cm³/mol. The number of thioether (sulfide) groups is 1. The first-order chi connectivity index (χ1) is 13.7. The van der Waals surface area contributed by atoms with E-state index in [2.05, 4.69) is 27.6 Å². The molecule has 2 aromatic carbocycles. The molecule has 0 unspecified atom stereocenters. The molecular weight excluding hydrogens is 378 g/mol. The summed E-state index contributed by atoms with van der Waals surface area (Å²) in [6.45, 7) is 0.211. The van der Waals surface area contributed by atoms with E-state index in [9.17, 15) is 4.79 Å². The summed E-state index contributed by atoms with van der Waals surface area (Å²) in [6.07, 6.45) is 3.39. The van der Waals surface area contributed by atoms with Crippen LogP contribution in [0.1, 0.15) is 17.5 Å². The molecule has 7 nitrogen and oxygen atoms in total. The fourth-order valence-electron chi connectivity index (χ4n) is 3.39. The number of hydrogen-bond acceptors (Lipinski definition) is 7. The minimum atomic E-state index is -0.106. The SMILES string of the molecule is O=C(CSc1nnc(-c2ccc3c(c2)OCO3)o1)Nc1ccc2c(c1)CCC2. The van der Waals surface area contributed by atoms with Gasteiger partial charge in [0, 0.05) is 11.3 Å². The van der Waals surface area contributed by atoms with Crippen LogP contribution in [0.25, 0.3) is 11.5 Å². The predicted octanol–water partition coefficient (Wildman–Crippen LogP) is 3.68. The highest BCUT2D eigenvalue weighted by atomic mass is 32.2. The van der Waals surface area contributed by atoms with Gasteiger partial charge in [-0.1, -0.05) is 17.8 Å². The van der Waals surface area contributed by atoms with Crippen LogP contribution in [0.5, 0.6) is 11.5 Å². The number of aryl methyl sites for hydroxylation is 2. The molecule has 0 fully saturated rings. The first kappa shape index (κ1) is 17.1. The minimum Gasteiger partial charge on any atom is -0.454 e. The molecular formula is C20H17N3O4S. The molecule has 0 saturated carbocycles. The number of aromatic nitrogens is 2. The van der Waals surface area contributed by atoms with Gasteiger partial charge >= 0.3 is 0 Å². The van der Waals surface area contributed by atoms with E-state index in [0.717, 1.165) is 24.1 Å². The molecule has 0 saturated heterocycles. The normalized spacial score (nSPS) is 14.1. The third-order valence-electron chi connectivity index (χ3n) is 4.73. The summed E-state index contributed by atoms with van der Waals surface area (Å²) in [4.78, 5) is 12.2. The number of amides is 1. The Morgan fingerprint density at radius 2 is 1.93 bits per heavy atom. The van der Waals surface area contributed by atoms with Gasteiger partial charge in [-0.3, -0.25) is 4.79 Å². The molecule has 0 radical (unpaired) electrons. The van der Waals surface area contributed by atoms with Crippen LogP contribution in [0.15, 0.2) is 46.0 Å². The van der Waals surface area contributed by atoms with Gasteiger partial charge < -0.3 is 19.2 Å². The van der Waals surface area contributed by atoms with Gasteiger partial charge in [-0.2, -0.15) is 0 Å². The van der Waals surface area contributed by atoms with Crippen molar-refractivity contribution in [2.24, 2.45) is 0 Å². The van der Waals surface area contributed by atoms with Crippen LogP contribution >= 0.6 is 11.8 Å². The number of fused-ring (bicyclic) bond motifs is 2. The lowest BCUT2D eigenvalue weighted by Gasteiger charge is -2.06. The summed E-state index contributed by atoms with van der Waals surface area (Å²) in [6, 6.07) is 11.5. The fraction of sp³-hybridized carbons (Fsp3) is 0.250. The lowest BCUT2D eigenvalue weighted by atomic mass is 10.1. The minimum absolute atomic E-state index is 0.106. The van der Waals surface area contributed by atoms with Crippen LogP contribution < -0.4 is 14.8 Å². The molecule has 2 heterocycles. The van der Waals surface area contributed by atoms with E-state index in [1.54, 1.807) is 12.1 Å². The number of hydrogen-bond donors (Lipinski definition) is 1. The van der Waals surface area contributed by atoms with E-state index in [0.29, 0.717) is 22.6 Å². The van der Waals surface area contributed by atoms with Crippen LogP contribution in [-0.4, -0.2) is 28.7 Å². The van der Waals surface area contributed by atoms with Crippen LogP contribution in [0, 0.1) is 0 Å². The maximum absolute atomic E-state index is 12.2. The number of carbonyl (C=O) groups is 1. The Labute approximate surface area is 165 Å². The fourth-order valence-corrected chi connectivity index (χ4v) is 3.95. The number of carbonyl (C=O) groups excluding carboxylic acids is 1. The van der Waals surface area contributed by atoms with Crippen molar-refractivity contribution in [3.8, 4) is 23.0 Å². The quantitative estimate of drug-likeness (QED) is 0.660. The Morgan fingerprint density at radius 3 is 2.89 bits per heavy atom. The number of nitrogens with one attached hydrogen (secondary N) is 1. The van der Waals surface area contributed by atoms with Gasteiger partial charge in [0.05, 0.1) is 5.75 Å². The number of ether oxygens (including phenoxy) is 2. The Bertz CT molecular complexity index is 1050. The van der Waals surface area contributed by atoms with Gasteiger partial charge in [0.1, 0.15) is 0 Å². The highest BCUT2D eigenvalue weighted by Gasteiger charge is 2.17. The van der Waals surface area contributed by atoms with Crippen molar-refractivity contribution < 1.29 is 18.7 Å². The summed E-state index contributed by atoms with van der Waals surface area (Å²) in [5.41, 5.74) is 4.29. The van der Waals surface area contributed by atoms with E-state index in [1.165, 1.54) is 29.3 Å². The molecule has 1 aliphatic heterocycles. The highest BCUT2D eigenvalue weighted by molar-refractivity contribution is 7.99. The van der Waals surface area contributed by atoms with Crippen LogP contribution in [0.3, 0.4) is 0 Å². The van der Waals surface area contributed by atoms with Crippen molar-refractivity contribution >= 4 is 23.4 Å². The summed E-state index contributed by atoms with van der Waals surface area (Å²) >= 11 is 1.21. The summed E-state index contributed by atoms with van der Waals surface area (Å²) in [5.74, 6) is 1.81. The van der Waals surface area contributed by atoms with E-state index in [-0.39, 0.29) is 18.5 Å². The maximum Gasteiger partial charge on any atom is 0.277 e. The second-order valence-electron chi connectivity index (χ2n) is 6.62. The molecule has 1 amide bonds. The first-order valence-corrected chi connectivity index (χ1v) is 10.0. The molecule has 0 bridgehead atoms. The third-order valence-corrected chi connectivity index (χ3v) is 5.55. The Hall–Kier alpha value is -3.00. The van der Waals surface area contributed by atoms with Gasteiger partial charge in [0.15, 0.2) is 11.5 Å². The number of anilines is 1. The Kier molecular flexibility index (Phi) is 4.40. The Balaban J connectivity index is 1.20. The van der Waals surface area contributed by atoms with Gasteiger partial charge in [0.2, 0.25) is 18.6 Å². The maximum atomic E-state index is 12.2. The van der Waals surface area contributed by atoms with E-state index < -0.39 is 0 Å². The molecule has 1 aliphatic carbocycles. The zero-order chi connectivity index (χ0) is 18.9. The van der Waals surface area contributed by atoms with Crippen LogP contribution in [0.4, 0.5) is 5.69 Å². The van der Waals surface area contributed by atoms with Gasteiger partial charge in [-0.25, -0.2) is 0 Å². The topological polar surface area (TPSA) is 86.5 Å². The summed E-state index contributed by atoms with van der Waals surface area (Å²) < 4.78 is 16.3. The third kappa shape index (κ3) is 3.43. The summed E-state index contributed by atoms with van der Waals surface area (Å²) in [7, 11) is 0. The van der Waals surface area contributed by atoms with Crippen molar-refractivity contribution in [3.05, 3.63) is 47.5 Å². The van der Waals surface area contributed by atoms with Gasteiger partial charge in [-0.05, 0) is 60.7 Å². The van der Waals surface area contributed by atoms with Crippen molar-refractivity contribution in [1.82, 2.24) is 10.2 Å². The number of rotatable bonds is 5. The zero-order valence-corrected chi connectivity index (χ0v) is 15.8. The Morgan fingerprint density at radius 1 is 1.04 bits per heavy atom. The van der Waals surface area contributed by atoms with Gasteiger partial charge in [0.25, 0.3) is 5.22 Å². The lowest BCUT2D eigenvalue weighted by molar-refractivity contribution is -0.113. The molecule has 2 aliphatic rings. The number of nitrogens with zero attached hydrogens (tertiary/aromatic N) is 2. The molecule has 28 heavy (non-hydrogen) atoms. The average molecular weight is 395 g/mol. The summed E-state index contributed by atoms with van der Waals surface area (Å²) in [5, 5.41) is 11.3. The van der Waals surface area contributed by atoms with E-state index in [4.69, 9.17) is 13.9 Å². The van der Waals surface area contributed by atoms with Crippen molar-refractivity contribution in [2.45, 2.75) is 24.5 Å². The molecule has 0 atom stereocenters. The largest absolute Gasteiger partial charge is 0.454 e. The van der Waals surface area contributed by atoms with Crippen molar-refractivity contribution in [3.63, 3.8) is 0 Å². The average Bonchev–Trinajstić information content (AvgIpc) is 3.45. The van der Waals surface area contributed by atoms with Crippen molar-refractivity contribution in [1.29, 1.82) is 0 Å². The molecule has 142 valence electrons. The van der Waals surface area contributed by atoms with E-state index in [1.807, 2.05) is 12.1 Å². The standard InChI is InChI=1S/C20H17N3O4S/c24-18(21-15-6-4-12-2-1-3-13(12)8-15)10-28-20-23-22-19(27-20)14-5-7-16-17(9-14)26-11-25-16/h4-9H,1-3,10-11H2,(H,21,24). The number of benzene rings is 2. The highest BCUT2D eigenvalue weighted by Crippen LogP contribution is 2.36. The second-order valence-corrected chi connectivity index (χ2v) is 7.54. The molecule has 8 heteroatoms. The zero-order valence-electron chi connectivity index (χ0n) is 14.9. The second kappa shape index (κ2) is 7.20. The van der Waals surface area contributed by atoms with Crippen LogP contribution in [-0.2, 0) is 17.6 Å². The van der Waals surface area contributed by atoms with Crippen molar-refractivity contribution in [2.75, 3.05) is 17.9 Å². The monoisotopic (exact) mass is 395 g/mol. The van der Waals surface area contributed by atoms with E-state index >= 15 is 0 Å². The smallest absolute Gasteiger partial charge is 0.277 e. The van der Waals surface area contributed by atoms with Crippen LogP contribution in [0.2, 0.25) is 0 Å². The first-order valence-electron chi connectivity index (χ1n) is 9.02.